The Morgan fingerprint density at radius 3 is 1.81 bits per heavy atom. The minimum absolute atomic E-state index is 0.0988. The van der Waals surface area contributed by atoms with Crippen molar-refractivity contribution in [1.82, 2.24) is 0 Å². The highest BCUT2D eigenvalue weighted by molar-refractivity contribution is 8.17. The van der Waals surface area contributed by atoms with E-state index in [-0.39, 0.29) is 11.0 Å². The van der Waals surface area contributed by atoms with E-state index in [1.165, 1.54) is 38.5 Å². The third kappa shape index (κ3) is 5.55. The molecule has 1 aliphatic carbocycles. The van der Waals surface area contributed by atoms with Gasteiger partial charge in [-0.25, -0.2) is 0 Å². The smallest absolute Gasteiger partial charge is 0.206 e. The molecule has 0 amide bonds. The first-order valence-corrected chi connectivity index (χ1v) is 7.26. The summed E-state index contributed by atoms with van der Waals surface area (Å²) >= 11 is 0.838. The predicted molar refractivity (Wildman–Crippen MR) is 67.9 cm³/mol. The van der Waals surface area contributed by atoms with Crippen molar-refractivity contribution in [1.29, 1.82) is 5.26 Å². The molecule has 0 heterocycles. The van der Waals surface area contributed by atoms with Crippen LogP contribution < -0.4 is 0 Å². The van der Waals surface area contributed by atoms with Gasteiger partial charge < -0.3 is 0 Å². The Kier molecular flexibility index (Phi) is 7.33. The van der Waals surface area contributed by atoms with Crippen molar-refractivity contribution >= 4 is 16.9 Å². The summed E-state index contributed by atoms with van der Waals surface area (Å²) in [4.78, 5) is 11.7. The van der Waals surface area contributed by atoms with E-state index < -0.39 is 0 Å². The Morgan fingerprint density at radius 2 is 1.38 bits per heavy atom. The molecule has 0 aromatic rings. The molecule has 3 heteroatoms. The number of nitriles is 1. The summed E-state index contributed by atoms with van der Waals surface area (Å²) in [6.45, 7) is 0. The molecule has 1 rings (SSSR count). The number of carbonyl (C=O) groups excluding carboxylic acids is 1. The molecule has 0 aromatic heterocycles. The van der Waals surface area contributed by atoms with Crippen LogP contribution in [-0.4, -0.2) is 5.12 Å². The normalized spacial score (nSPS) is 20.7. The van der Waals surface area contributed by atoms with E-state index >= 15 is 0 Å². The number of thiocyanates is 1. The average Bonchev–Trinajstić information content (AvgIpc) is 2.34. The predicted octanol–water partition coefficient (Wildman–Crippen LogP) is 4.26. The lowest BCUT2D eigenvalue weighted by Crippen LogP contribution is -2.10. The molecule has 0 aliphatic heterocycles. The van der Waals surface area contributed by atoms with Gasteiger partial charge in [-0.1, -0.05) is 51.4 Å². The van der Waals surface area contributed by atoms with Crippen LogP contribution in [-0.2, 0) is 4.79 Å². The Labute approximate surface area is 103 Å². The molecular weight excluding hydrogens is 218 g/mol. The monoisotopic (exact) mass is 239 g/mol. The van der Waals surface area contributed by atoms with Gasteiger partial charge in [0.1, 0.15) is 5.40 Å². The number of hydrogen-bond donors (Lipinski definition) is 0. The molecule has 0 radical (unpaired) electrons. The molecule has 0 N–H and O–H groups in total. The van der Waals surface area contributed by atoms with Crippen LogP contribution in [0.15, 0.2) is 0 Å². The van der Waals surface area contributed by atoms with E-state index in [1.54, 1.807) is 0 Å². The maximum atomic E-state index is 11.7. The third-order valence-corrected chi connectivity index (χ3v) is 3.96. The topological polar surface area (TPSA) is 40.9 Å². The van der Waals surface area contributed by atoms with Gasteiger partial charge in [0.2, 0.25) is 5.12 Å². The summed E-state index contributed by atoms with van der Waals surface area (Å²) in [6.07, 6.45) is 12.1. The van der Waals surface area contributed by atoms with Crippen LogP contribution in [0.25, 0.3) is 0 Å². The standard InChI is InChI=1S/C13H21NOS/c14-11-16-13(15)12-9-7-5-3-1-2-4-6-8-10-12/h12H,1-10H2. The van der Waals surface area contributed by atoms with Crippen LogP contribution in [0.1, 0.15) is 64.2 Å². The lowest BCUT2D eigenvalue weighted by Gasteiger charge is -2.12. The molecule has 16 heavy (non-hydrogen) atoms. The summed E-state index contributed by atoms with van der Waals surface area (Å²) in [5.74, 6) is 0.141. The van der Waals surface area contributed by atoms with Crippen molar-refractivity contribution in [2.45, 2.75) is 64.2 Å². The van der Waals surface area contributed by atoms with Crippen LogP contribution in [0.3, 0.4) is 0 Å². The van der Waals surface area contributed by atoms with Crippen molar-refractivity contribution in [2.24, 2.45) is 5.92 Å². The molecule has 0 atom stereocenters. The van der Waals surface area contributed by atoms with Crippen LogP contribution >= 0.6 is 11.8 Å². The van der Waals surface area contributed by atoms with Gasteiger partial charge in [0.25, 0.3) is 0 Å². The molecule has 0 spiro atoms. The number of hydrogen-bond acceptors (Lipinski definition) is 3. The maximum absolute atomic E-state index is 11.7. The van der Waals surface area contributed by atoms with Gasteiger partial charge in [0, 0.05) is 17.7 Å². The average molecular weight is 239 g/mol. The van der Waals surface area contributed by atoms with E-state index in [4.69, 9.17) is 5.26 Å². The van der Waals surface area contributed by atoms with E-state index in [1.807, 2.05) is 5.40 Å². The maximum Gasteiger partial charge on any atom is 0.206 e. The Morgan fingerprint density at radius 1 is 0.938 bits per heavy atom. The van der Waals surface area contributed by atoms with Crippen molar-refractivity contribution in [3.8, 4) is 5.40 Å². The lowest BCUT2D eigenvalue weighted by atomic mass is 9.97. The molecule has 1 aliphatic rings. The second-order valence-corrected chi connectivity index (χ2v) is 5.40. The van der Waals surface area contributed by atoms with E-state index in [0.717, 1.165) is 37.4 Å². The highest BCUT2D eigenvalue weighted by atomic mass is 32.2. The largest absolute Gasteiger partial charge is 0.286 e. The van der Waals surface area contributed by atoms with Gasteiger partial charge in [-0.15, -0.1) is 0 Å². The summed E-state index contributed by atoms with van der Waals surface area (Å²) in [5.41, 5.74) is 0. The van der Waals surface area contributed by atoms with Crippen LogP contribution in [0.5, 0.6) is 0 Å². The Balaban J connectivity index is 2.39. The van der Waals surface area contributed by atoms with Crippen molar-refractivity contribution < 1.29 is 4.79 Å². The SMILES string of the molecule is N#CSC(=O)C1CCCCCCCCCC1. The minimum atomic E-state index is 0.0988. The number of rotatable bonds is 1. The second kappa shape index (κ2) is 8.64. The fraction of sp³-hybridized carbons (Fsp3) is 0.846. The van der Waals surface area contributed by atoms with E-state index in [0.29, 0.717) is 0 Å². The van der Waals surface area contributed by atoms with Crippen molar-refractivity contribution in [3.05, 3.63) is 0 Å². The number of nitrogens with zero attached hydrogens (tertiary/aromatic N) is 1. The number of carbonyl (C=O) groups is 1. The summed E-state index contributed by atoms with van der Waals surface area (Å²) in [5, 5.41) is 10.5. The fourth-order valence-corrected chi connectivity index (χ4v) is 2.84. The van der Waals surface area contributed by atoms with Crippen LogP contribution in [0, 0.1) is 16.6 Å². The summed E-state index contributed by atoms with van der Waals surface area (Å²) < 4.78 is 0. The van der Waals surface area contributed by atoms with Gasteiger partial charge in [-0.3, -0.25) is 4.79 Å². The highest BCUT2D eigenvalue weighted by Gasteiger charge is 2.18. The summed E-state index contributed by atoms with van der Waals surface area (Å²) in [7, 11) is 0. The quantitative estimate of drug-likeness (QED) is 0.642. The summed E-state index contributed by atoms with van der Waals surface area (Å²) in [6, 6.07) is 0. The molecule has 1 fully saturated rings. The molecule has 0 unspecified atom stereocenters. The molecule has 2 nitrogen and oxygen atoms in total. The van der Waals surface area contributed by atoms with Crippen LogP contribution in [0.2, 0.25) is 0 Å². The van der Waals surface area contributed by atoms with Gasteiger partial charge in [-0.05, 0) is 12.8 Å². The molecular formula is C13H21NOS. The molecule has 90 valence electrons. The van der Waals surface area contributed by atoms with Gasteiger partial charge in [0.05, 0.1) is 0 Å². The Bertz CT molecular complexity index is 235. The molecule has 0 saturated heterocycles. The van der Waals surface area contributed by atoms with E-state index in [2.05, 4.69) is 0 Å². The number of thioether (sulfide) groups is 1. The van der Waals surface area contributed by atoms with Gasteiger partial charge in [0.15, 0.2) is 0 Å². The first kappa shape index (κ1) is 13.6. The van der Waals surface area contributed by atoms with Crippen molar-refractivity contribution in [2.75, 3.05) is 0 Å². The van der Waals surface area contributed by atoms with E-state index in [9.17, 15) is 4.79 Å². The minimum Gasteiger partial charge on any atom is -0.286 e. The zero-order valence-electron chi connectivity index (χ0n) is 9.91. The molecule has 0 aromatic carbocycles. The zero-order chi connectivity index (χ0) is 11.6. The second-order valence-electron chi connectivity index (χ2n) is 4.62. The first-order chi connectivity index (χ1) is 7.84. The lowest BCUT2D eigenvalue weighted by molar-refractivity contribution is -0.114. The first-order valence-electron chi connectivity index (χ1n) is 6.44. The van der Waals surface area contributed by atoms with Crippen LogP contribution in [0.4, 0.5) is 0 Å². The van der Waals surface area contributed by atoms with Gasteiger partial charge in [-0.2, -0.15) is 5.26 Å². The third-order valence-electron chi connectivity index (χ3n) is 3.33. The molecule has 0 bridgehead atoms. The molecule has 1 saturated carbocycles. The zero-order valence-corrected chi connectivity index (χ0v) is 10.7. The van der Waals surface area contributed by atoms with Gasteiger partial charge >= 0.3 is 0 Å². The van der Waals surface area contributed by atoms with Crippen molar-refractivity contribution in [3.63, 3.8) is 0 Å². The Hall–Kier alpha value is -0.490. The fourth-order valence-electron chi connectivity index (χ4n) is 2.35. The highest BCUT2D eigenvalue weighted by Crippen LogP contribution is 2.25.